The molecule has 0 saturated carbocycles. The van der Waals surface area contributed by atoms with Crippen LogP contribution in [0.25, 0.3) is 0 Å². The van der Waals surface area contributed by atoms with Crippen LogP contribution in [0.5, 0.6) is 0 Å². The number of amides is 1. The van der Waals surface area contributed by atoms with E-state index in [4.69, 9.17) is 15.4 Å². The SMILES string of the molecule is COCCCCNC(=O)c1cc(F)c(Br)c(S(=O)(=O)Cl)c1. The molecule has 0 spiro atoms. The minimum Gasteiger partial charge on any atom is -0.385 e. The number of carbonyl (C=O) groups excluding carboxylic acids is 1. The Labute approximate surface area is 135 Å². The van der Waals surface area contributed by atoms with Crippen LogP contribution in [0.2, 0.25) is 0 Å². The average molecular weight is 403 g/mol. The Morgan fingerprint density at radius 2 is 2.10 bits per heavy atom. The maximum atomic E-state index is 13.7. The number of carbonyl (C=O) groups is 1. The van der Waals surface area contributed by atoms with E-state index in [2.05, 4.69) is 21.2 Å². The predicted molar refractivity (Wildman–Crippen MR) is 80.6 cm³/mol. The summed E-state index contributed by atoms with van der Waals surface area (Å²) in [6.07, 6.45) is 1.46. The Hall–Kier alpha value is -0.700. The molecule has 0 unspecified atom stereocenters. The summed E-state index contributed by atoms with van der Waals surface area (Å²) >= 11 is 2.80. The molecule has 1 rings (SSSR count). The summed E-state index contributed by atoms with van der Waals surface area (Å²) in [5.74, 6) is -1.44. The Morgan fingerprint density at radius 3 is 2.67 bits per heavy atom. The van der Waals surface area contributed by atoms with Gasteiger partial charge >= 0.3 is 0 Å². The summed E-state index contributed by atoms with van der Waals surface area (Å²) in [5, 5.41) is 2.57. The van der Waals surface area contributed by atoms with Crippen LogP contribution >= 0.6 is 26.6 Å². The second-order valence-corrected chi connectivity index (χ2v) is 7.49. The van der Waals surface area contributed by atoms with E-state index in [1.165, 1.54) is 0 Å². The highest BCUT2D eigenvalue weighted by Gasteiger charge is 2.21. The van der Waals surface area contributed by atoms with Gasteiger partial charge in [0.2, 0.25) is 0 Å². The first-order valence-electron chi connectivity index (χ1n) is 5.98. The molecular formula is C12H14BrClFNO4S. The summed E-state index contributed by atoms with van der Waals surface area (Å²) in [7, 11) is 2.63. The van der Waals surface area contributed by atoms with Gasteiger partial charge in [0.25, 0.3) is 15.0 Å². The van der Waals surface area contributed by atoms with E-state index >= 15 is 0 Å². The average Bonchev–Trinajstić information content (AvgIpc) is 2.39. The zero-order valence-corrected chi connectivity index (χ0v) is 14.3. The minimum atomic E-state index is -4.16. The largest absolute Gasteiger partial charge is 0.385 e. The zero-order valence-electron chi connectivity index (χ0n) is 11.2. The topological polar surface area (TPSA) is 72.5 Å². The van der Waals surface area contributed by atoms with Gasteiger partial charge in [-0.05, 0) is 40.9 Å². The van der Waals surface area contributed by atoms with E-state index in [0.717, 1.165) is 18.6 Å². The quantitative estimate of drug-likeness (QED) is 0.562. The lowest BCUT2D eigenvalue weighted by Gasteiger charge is -2.08. The molecule has 0 aromatic heterocycles. The van der Waals surface area contributed by atoms with Gasteiger partial charge in [-0.2, -0.15) is 0 Å². The predicted octanol–water partition coefficient (Wildman–Crippen LogP) is 2.67. The Balaban J connectivity index is 2.84. The van der Waals surface area contributed by atoms with Crippen LogP contribution in [-0.4, -0.2) is 34.6 Å². The van der Waals surface area contributed by atoms with Crippen LogP contribution in [0.4, 0.5) is 4.39 Å². The van der Waals surface area contributed by atoms with Crippen LogP contribution in [-0.2, 0) is 13.8 Å². The van der Waals surface area contributed by atoms with Crippen molar-refractivity contribution in [1.29, 1.82) is 0 Å². The number of methoxy groups -OCH3 is 1. The van der Waals surface area contributed by atoms with E-state index in [9.17, 15) is 17.6 Å². The Morgan fingerprint density at radius 1 is 1.43 bits per heavy atom. The van der Waals surface area contributed by atoms with Gasteiger partial charge in [0, 0.05) is 36.5 Å². The molecule has 0 radical (unpaired) electrons. The number of ether oxygens (including phenoxy) is 1. The third-order valence-corrected chi connectivity index (χ3v) is 4.99. The van der Waals surface area contributed by atoms with Crippen molar-refractivity contribution in [3.8, 4) is 0 Å². The van der Waals surface area contributed by atoms with E-state index in [0.29, 0.717) is 19.6 Å². The minimum absolute atomic E-state index is 0.110. The van der Waals surface area contributed by atoms with E-state index in [1.807, 2.05) is 0 Å². The van der Waals surface area contributed by atoms with Crippen LogP contribution < -0.4 is 5.32 Å². The summed E-state index contributed by atoms with van der Waals surface area (Å²) in [4.78, 5) is 11.4. The molecule has 0 aliphatic carbocycles. The van der Waals surface area contributed by atoms with E-state index in [-0.39, 0.29) is 10.0 Å². The number of halogens is 3. The summed E-state index contributed by atoms with van der Waals surface area (Å²) in [6.45, 7) is 0.959. The highest BCUT2D eigenvalue weighted by molar-refractivity contribution is 9.10. The van der Waals surface area contributed by atoms with Crippen LogP contribution in [0.1, 0.15) is 23.2 Å². The van der Waals surface area contributed by atoms with Crippen molar-refractivity contribution < 1.29 is 22.3 Å². The molecule has 0 fully saturated rings. The van der Waals surface area contributed by atoms with Crippen molar-refractivity contribution in [3.05, 3.63) is 28.0 Å². The first kappa shape index (κ1) is 18.3. The van der Waals surface area contributed by atoms with Crippen molar-refractivity contribution in [1.82, 2.24) is 5.32 Å². The standard InChI is InChI=1S/C12H14BrClFNO4S/c1-20-5-3-2-4-16-12(17)8-6-9(15)11(13)10(7-8)21(14,18)19/h6-7H,2-5H2,1H3,(H,16,17). The van der Waals surface area contributed by atoms with Crippen LogP contribution in [0, 0.1) is 5.82 Å². The molecule has 118 valence electrons. The molecule has 1 aromatic carbocycles. The molecule has 0 aliphatic rings. The molecule has 0 bridgehead atoms. The molecule has 5 nitrogen and oxygen atoms in total. The third kappa shape index (κ3) is 5.54. The maximum Gasteiger partial charge on any atom is 0.262 e. The van der Waals surface area contributed by atoms with Gasteiger partial charge in [-0.15, -0.1) is 0 Å². The molecule has 1 amide bonds. The molecular weight excluding hydrogens is 389 g/mol. The van der Waals surface area contributed by atoms with Crippen molar-refractivity contribution >= 4 is 41.6 Å². The highest BCUT2D eigenvalue weighted by Crippen LogP contribution is 2.29. The number of benzene rings is 1. The van der Waals surface area contributed by atoms with Crippen LogP contribution in [0.3, 0.4) is 0 Å². The Kier molecular flexibility index (Phi) is 7.05. The van der Waals surface area contributed by atoms with Gasteiger partial charge in [0.15, 0.2) is 0 Å². The first-order valence-corrected chi connectivity index (χ1v) is 9.08. The van der Waals surface area contributed by atoms with E-state index in [1.54, 1.807) is 7.11 Å². The van der Waals surface area contributed by atoms with Crippen molar-refractivity contribution in [2.24, 2.45) is 0 Å². The molecule has 0 saturated heterocycles. The second-order valence-electron chi connectivity index (χ2n) is 4.16. The maximum absolute atomic E-state index is 13.7. The number of hydrogen-bond acceptors (Lipinski definition) is 4. The van der Waals surface area contributed by atoms with Gasteiger partial charge in [-0.25, -0.2) is 12.8 Å². The molecule has 0 heterocycles. The normalized spacial score (nSPS) is 11.4. The van der Waals surface area contributed by atoms with Gasteiger partial charge in [-0.3, -0.25) is 4.79 Å². The summed E-state index contributed by atoms with van der Waals surface area (Å²) < 4.78 is 40.9. The lowest BCUT2D eigenvalue weighted by Crippen LogP contribution is -2.25. The molecule has 9 heteroatoms. The van der Waals surface area contributed by atoms with Gasteiger partial charge in [0.1, 0.15) is 10.7 Å². The summed E-state index contributed by atoms with van der Waals surface area (Å²) in [6, 6.07) is 1.97. The lowest BCUT2D eigenvalue weighted by molar-refractivity contribution is 0.0950. The fourth-order valence-corrected chi connectivity index (χ4v) is 3.64. The van der Waals surface area contributed by atoms with Gasteiger partial charge < -0.3 is 10.1 Å². The van der Waals surface area contributed by atoms with Crippen molar-refractivity contribution in [2.45, 2.75) is 17.7 Å². The second kappa shape index (κ2) is 8.07. The smallest absolute Gasteiger partial charge is 0.262 e. The number of nitrogens with one attached hydrogen (secondary N) is 1. The fraction of sp³-hybridized carbons (Fsp3) is 0.417. The van der Waals surface area contributed by atoms with Gasteiger partial charge in [-0.1, -0.05) is 0 Å². The first-order chi connectivity index (χ1) is 9.77. The van der Waals surface area contributed by atoms with Crippen LogP contribution in [0.15, 0.2) is 21.5 Å². The van der Waals surface area contributed by atoms with Gasteiger partial charge in [0.05, 0.1) is 4.47 Å². The van der Waals surface area contributed by atoms with Crippen molar-refractivity contribution in [3.63, 3.8) is 0 Å². The van der Waals surface area contributed by atoms with E-state index < -0.39 is 25.7 Å². The monoisotopic (exact) mass is 401 g/mol. The molecule has 1 aromatic rings. The summed E-state index contributed by atoms with van der Waals surface area (Å²) in [5.41, 5.74) is -0.110. The Bertz CT molecular complexity index is 624. The fourth-order valence-electron chi connectivity index (χ4n) is 1.55. The number of unbranched alkanes of at least 4 members (excludes halogenated alkanes) is 1. The van der Waals surface area contributed by atoms with Crippen molar-refractivity contribution in [2.75, 3.05) is 20.3 Å². The number of hydrogen-bond donors (Lipinski definition) is 1. The molecule has 21 heavy (non-hydrogen) atoms. The molecule has 0 atom stereocenters. The number of rotatable bonds is 7. The lowest BCUT2D eigenvalue weighted by atomic mass is 10.2. The highest BCUT2D eigenvalue weighted by atomic mass is 79.9. The molecule has 1 N–H and O–H groups in total. The molecule has 0 aliphatic heterocycles. The zero-order chi connectivity index (χ0) is 16.0. The third-order valence-electron chi connectivity index (χ3n) is 2.58.